The first kappa shape index (κ1) is 24.7. The zero-order valence-electron chi connectivity index (χ0n) is 20.5. The predicted molar refractivity (Wildman–Crippen MR) is 143 cm³/mol. The molecule has 38 heavy (non-hydrogen) atoms. The van der Waals surface area contributed by atoms with Gasteiger partial charge in [-0.1, -0.05) is 54.6 Å². The Morgan fingerprint density at radius 3 is 2.58 bits per heavy atom. The zero-order chi connectivity index (χ0) is 26.6. The summed E-state index contributed by atoms with van der Waals surface area (Å²) in [7, 11) is 0. The molecule has 4 aromatic carbocycles. The molecule has 1 aliphatic rings. The first-order valence-corrected chi connectivity index (χ1v) is 12.0. The summed E-state index contributed by atoms with van der Waals surface area (Å²) >= 11 is 0. The number of nitrogens with zero attached hydrogens (tertiary/aromatic N) is 1. The molecule has 0 aliphatic carbocycles. The summed E-state index contributed by atoms with van der Waals surface area (Å²) in [6, 6.07) is 23.8. The van der Waals surface area contributed by atoms with E-state index >= 15 is 0 Å². The van der Waals surface area contributed by atoms with E-state index in [4.69, 9.17) is 4.74 Å². The topological polar surface area (TPSA) is 87.7 Å². The van der Waals surface area contributed by atoms with Crippen LogP contribution in [0.3, 0.4) is 0 Å². The second-order valence-electron chi connectivity index (χ2n) is 8.91. The SMILES string of the molecule is Cc1cccc(NC(=O)CN2C(=O)N/C(=C/c3c(OCc4ccc(F)cc4)ccc4ccccc34)C2=O)c1. The van der Waals surface area contributed by atoms with Crippen LogP contribution in [-0.2, 0) is 16.2 Å². The number of fused-ring (bicyclic) bond motifs is 1. The number of anilines is 1. The van der Waals surface area contributed by atoms with Crippen molar-refractivity contribution in [1.82, 2.24) is 10.2 Å². The molecule has 4 aromatic rings. The molecule has 7 nitrogen and oxygen atoms in total. The molecule has 8 heteroatoms. The van der Waals surface area contributed by atoms with Gasteiger partial charge < -0.3 is 15.4 Å². The predicted octanol–water partition coefficient (Wildman–Crippen LogP) is 5.40. The van der Waals surface area contributed by atoms with Crippen molar-refractivity contribution >= 4 is 40.4 Å². The van der Waals surface area contributed by atoms with Crippen molar-refractivity contribution in [3.63, 3.8) is 0 Å². The summed E-state index contributed by atoms with van der Waals surface area (Å²) in [5.74, 6) is -0.962. The number of rotatable bonds is 7. The summed E-state index contributed by atoms with van der Waals surface area (Å²) in [6.45, 7) is 1.65. The van der Waals surface area contributed by atoms with Gasteiger partial charge in [0.1, 0.15) is 30.4 Å². The molecule has 4 amide bonds. The summed E-state index contributed by atoms with van der Waals surface area (Å²) in [6.07, 6.45) is 1.56. The number of nitrogens with one attached hydrogen (secondary N) is 2. The van der Waals surface area contributed by atoms with Crippen LogP contribution < -0.4 is 15.4 Å². The summed E-state index contributed by atoms with van der Waals surface area (Å²) in [5, 5.41) is 7.01. The van der Waals surface area contributed by atoms with E-state index in [2.05, 4.69) is 10.6 Å². The number of carbonyl (C=O) groups excluding carboxylic acids is 3. The molecule has 0 unspecified atom stereocenters. The first-order chi connectivity index (χ1) is 18.4. The molecule has 5 rings (SSSR count). The van der Waals surface area contributed by atoms with Crippen LogP contribution in [0.4, 0.5) is 14.9 Å². The second-order valence-corrected chi connectivity index (χ2v) is 8.91. The Morgan fingerprint density at radius 1 is 1.00 bits per heavy atom. The van der Waals surface area contributed by atoms with Crippen molar-refractivity contribution in [2.45, 2.75) is 13.5 Å². The minimum atomic E-state index is -0.686. The maximum Gasteiger partial charge on any atom is 0.329 e. The Labute approximate surface area is 218 Å². The maximum absolute atomic E-state index is 13.3. The molecule has 1 aliphatic heterocycles. The lowest BCUT2D eigenvalue weighted by atomic mass is 10.0. The van der Waals surface area contributed by atoms with Crippen LogP contribution in [0.5, 0.6) is 5.75 Å². The largest absolute Gasteiger partial charge is 0.488 e. The Balaban J connectivity index is 1.39. The number of hydrogen-bond donors (Lipinski definition) is 2. The van der Waals surface area contributed by atoms with E-state index in [-0.39, 0.29) is 18.1 Å². The van der Waals surface area contributed by atoms with Crippen molar-refractivity contribution in [1.29, 1.82) is 0 Å². The van der Waals surface area contributed by atoms with Crippen molar-refractivity contribution in [3.05, 3.63) is 113 Å². The van der Waals surface area contributed by atoms with Crippen LogP contribution in [0.25, 0.3) is 16.8 Å². The molecule has 0 spiro atoms. The van der Waals surface area contributed by atoms with Gasteiger partial charge in [-0.05, 0) is 65.2 Å². The van der Waals surface area contributed by atoms with Gasteiger partial charge in [-0.15, -0.1) is 0 Å². The minimum absolute atomic E-state index is 0.0290. The van der Waals surface area contributed by atoms with Crippen LogP contribution in [-0.4, -0.2) is 29.3 Å². The Morgan fingerprint density at radius 2 is 1.79 bits per heavy atom. The van der Waals surface area contributed by atoms with E-state index in [1.165, 1.54) is 12.1 Å². The highest BCUT2D eigenvalue weighted by atomic mass is 19.1. The second kappa shape index (κ2) is 10.6. The van der Waals surface area contributed by atoms with Crippen molar-refractivity contribution in [2.75, 3.05) is 11.9 Å². The Hall–Kier alpha value is -4.98. The third-order valence-electron chi connectivity index (χ3n) is 6.09. The van der Waals surface area contributed by atoms with Gasteiger partial charge >= 0.3 is 6.03 Å². The quantitative estimate of drug-likeness (QED) is 0.258. The van der Waals surface area contributed by atoms with Gasteiger partial charge in [-0.3, -0.25) is 9.59 Å². The average Bonchev–Trinajstić information content (AvgIpc) is 3.16. The first-order valence-electron chi connectivity index (χ1n) is 12.0. The number of imide groups is 1. The molecule has 0 bridgehead atoms. The van der Waals surface area contributed by atoms with Crippen molar-refractivity contribution < 1.29 is 23.5 Å². The molecular formula is C30H24FN3O4. The molecular weight excluding hydrogens is 485 g/mol. The number of halogens is 1. The van der Waals surface area contributed by atoms with E-state index < -0.39 is 24.4 Å². The molecule has 1 fully saturated rings. The molecule has 0 aromatic heterocycles. The number of carbonyl (C=O) groups is 3. The highest BCUT2D eigenvalue weighted by molar-refractivity contribution is 6.16. The molecule has 0 atom stereocenters. The normalized spacial score (nSPS) is 14.2. The molecule has 2 N–H and O–H groups in total. The van der Waals surface area contributed by atoms with E-state index in [0.717, 1.165) is 26.8 Å². The van der Waals surface area contributed by atoms with Crippen LogP contribution in [0.2, 0.25) is 0 Å². The monoisotopic (exact) mass is 509 g/mol. The highest BCUT2D eigenvalue weighted by Crippen LogP contribution is 2.31. The number of benzene rings is 4. The van der Waals surface area contributed by atoms with Gasteiger partial charge in [-0.2, -0.15) is 0 Å². The molecule has 0 saturated carbocycles. The van der Waals surface area contributed by atoms with Gasteiger partial charge in [0.2, 0.25) is 5.91 Å². The number of aryl methyl sites for hydroxylation is 1. The van der Waals surface area contributed by atoms with E-state index in [9.17, 15) is 18.8 Å². The number of hydrogen-bond acceptors (Lipinski definition) is 4. The van der Waals surface area contributed by atoms with E-state index in [1.807, 2.05) is 43.3 Å². The molecule has 1 saturated heterocycles. The average molecular weight is 510 g/mol. The van der Waals surface area contributed by atoms with E-state index in [0.29, 0.717) is 17.0 Å². The van der Waals surface area contributed by atoms with Crippen molar-refractivity contribution in [3.8, 4) is 5.75 Å². The number of ether oxygens (including phenoxy) is 1. The van der Waals surface area contributed by atoms with Gasteiger partial charge in [0.05, 0.1) is 0 Å². The molecule has 1 heterocycles. The van der Waals surface area contributed by atoms with Gasteiger partial charge in [-0.25, -0.2) is 14.1 Å². The lowest BCUT2D eigenvalue weighted by Gasteiger charge is -2.13. The van der Waals surface area contributed by atoms with Crippen molar-refractivity contribution in [2.24, 2.45) is 0 Å². The number of amides is 4. The summed E-state index contributed by atoms with van der Waals surface area (Å²) < 4.78 is 19.3. The summed E-state index contributed by atoms with van der Waals surface area (Å²) in [4.78, 5) is 39.2. The van der Waals surface area contributed by atoms with Crippen LogP contribution in [0, 0.1) is 12.7 Å². The lowest BCUT2D eigenvalue weighted by molar-refractivity contribution is -0.127. The Kier molecular flexibility index (Phi) is 6.86. The fourth-order valence-electron chi connectivity index (χ4n) is 4.22. The third-order valence-corrected chi connectivity index (χ3v) is 6.09. The highest BCUT2D eigenvalue weighted by Gasteiger charge is 2.35. The fraction of sp³-hybridized carbons (Fsp3) is 0.100. The number of urea groups is 1. The van der Waals surface area contributed by atoms with Crippen LogP contribution in [0.15, 0.2) is 90.6 Å². The maximum atomic E-state index is 13.3. The zero-order valence-corrected chi connectivity index (χ0v) is 20.5. The Bertz CT molecular complexity index is 1580. The fourth-order valence-corrected chi connectivity index (χ4v) is 4.22. The van der Waals surface area contributed by atoms with E-state index in [1.54, 1.807) is 42.5 Å². The minimum Gasteiger partial charge on any atom is -0.488 e. The standard InChI is InChI=1S/C30H24FN3O4/c1-19-5-4-7-23(15-19)32-28(35)17-34-29(36)26(33-30(34)37)16-25-24-8-3-2-6-21(24)11-14-27(25)38-18-20-9-12-22(31)13-10-20/h2-16H,17-18H2,1H3,(H,32,35)(H,33,37)/b26-16+. The lowest BCUT2D eigenvalue weighted by Crippen LogP contribution is -2.38. The van der Waals surface area contributed by atoms with Crippen LogP contribution in [0.1, 0.15) is 16.7 Å². The smallest absolute Gasteiger partial charge is 0.329 e. The van der Waals surface area contributed by atoms with Gasteiger partial charge in [0.25, 0.3) is 5.91 Å². The van der Waals surface area contributed by atoms with Gasteiger partial charge in [0, 0.05) is 11.3 Å². The van der Waals surface area contributed by atoms with Crippen LogP contribution >= 0.6 is 0 Å². The third kappa shape index (κ3) is 5.39. The summed E-state index contributed by atoms with van der Waals surface area (Å²) in [5.41, 5.74) is 2.95. The molecule has 0 radical (unpaired) electrons. The molecule has 190 valence electrons. The van der Waals surface area contributed by atoms with Gasteiger partial charge in [0.15, 0.2) is 0 Å².